The number of anilines is 2. The van der Waals surface area contributed by atoms with Gasteiger partial charge in [-0.2, -0.15) is 23.3 Å². The van der Waals surface area contributed by atoms with Gasteiger partial charge < -0.3 is 11.1 Å². The minimum atomic E-state index is -4.62. The summed E-state index contributed by atoms with van der Waals surface area (Å²) in [5.74, 6) is -0.515. The van der Waals surface area contributed by atoms with E-state index in [0.717, 1.165) is 0 Å². The molecule has 0 saturated carbocycles. The average molecular weight is 314 g/mol. The molecule has 0 bridgehead atoms. The molecule has 2 aromatic rings. The van der Waals surface area contributed by atoms with Crippen molar-refractivity contribution < 1.29 is 13.2 Å². The van der Waals surface area contributed by atoms with Crippen LogP contribution in [0.4, 0.5) is 24.9 Å². The molecule has 0 atom stereocenters. The molecule has 0 aliphatic rings. The van der Waals surface area contributed by atoms with Gasteiger partial charge in [0.2, 0.25) is 5.95 Å². The van der Waals surface area contributed by atoms with Crippen molar-refractivity contribution in [1.82, 2.24) is 19.7 Å². The van der Waals surface area contributed by atoms with E-state index < -0.39 is 11.7 Å². The molecule has 0 aliphatic carbocycles. The van der Waals surface area contributed by atoms with Crippen molar-refractivity contribution in [2.24, 2.45) is 7.05 Å². The molecule has 22 heavy (non-hydrogen) atoms. The van der Waals surface area contributed by atoms with Crippen molar-refractivity contribution in [3.05, 3.63) is 17.3 Å². The van der Waals surface area contributed by atoms with E-state index in [-0.39, 0.29) is 29.1 Å². The fourth-order valence-electron chi connectivity index (χ4n) is 2.11. The van der Waals surface area contributed by atoms with Gasteiger partial charge in [-0.05, 0) is 12.0 Å². The second-order valence-corrected chi connectivity index (χ2v) is 5.13. The molecule has 6 nitrogen and oxygen atoms in total. The Bertz CT molecular complexity index is 690. The highest BCUT2D eigenvalue weighted by molar-refractivity contribution is 5.69. The van der Waals surface area contributed by atoms with Gasteiger partial charge in [0.25, 0.3) is 0 Å². The van der Waals surface area contributed by atoms with E-state index in [1.54, 1.807) is 13.1 Å². The lowest BCUT2D eigenvalue weighted by Crippen LogP contribution is -2.16. The van der Waals surface area contributed by atoms with Gasteiger partial charge >= 0.3 is 6.18 Å². The molecule has 0 radical (unpaired) electrons. The Hall–Kier alpha value is -2.32. The Balaban J connectivity index is 2.77. The predicted octanol–water partition coefficient (Wildman–Crippen LogP) is 2.64. The summed E-state index contributed by atoms with van der Waals surface area (Å²) in [7, 11) is 2.92. The molecule has 0 saturated heterocycles. The molecule has 0 spiro atoms. The quantitative estimate of drug-likeness (QED) is 0.910. The van der Waals surface area contributed by atoms with Crippen molar-refractivity contribution in [2.45, 2.75) is 25.9 Å². The van der Waals surface area contributed by atoms with Crippen LogP contribution in [0.5, 0.6) is 0 Å². The van der Waals surface area contributed by atoms with Crippen molar-refractivity contribution >= 4 is 11.8 Å². The standard InChI is InChI=1S/C13H17F3N6/c1-6(2)7-5-8(22(4)21-7)10-9(13(14,15)16)11(18-3)20-12(17)19-10/h5-6H,1-4H3,(H3,17,18,19,20). The molecule has 3 N–H and O–H groups in total. The van der Waals surface area contributed by atoms with Crippen molar-refractivity contribution in [3.8, 4) is 11.4 Å². The summed E-state index contributed by atoms with van der Waals surface area (Å²) in [5, 5.41) is 6.64. The Morgan fingerprint density at radius 1 is 1.27 bits per heavy atom. The zero-order valence-corrected chi connectivity index (χ0v) is 12.7. The third-order valence-corrected chi connectivity index (χ3v) is 3.18. The lowest BCUT2D eigenvalue weighted by Gasteiger charge is -2.16. The van der Waals surface area contributed by atoms with Crippen LogP contribution in [-0.2, 0) is 13.2 Å². The molecule has 120 valence electrons. The first-order valence-corrected chi connectivity index (χ1v) is 6.62. The topological polar surface area (TPSA) is 81.7 Å². The first-order valence-electron chi connectivity index (χ1n) is 6.62. The van der Waals surface area contributed by atoms with Gasteiger partial charge in [0, 0.05) is 14.1 Å². The molecule has 9 heteroatoms. The molecular formula is C13H17F3N6. The van der Waals surface area contributed by atoms with Crippen LogP contribution >= 0.6 is 0 Å². The molecule has 0 amide bonds. The zero-order valence-electron chi connectivity index (χ0n) is 12.7. The molecule has 0 unspecified atom stereocenters. The smallest absolute Gasteiger partial charge is 0.372 e. The minimum Gasteiger partial charge on any atom is -0.372 e. The Labute approximate surface area is 125 Å². The summed E-state index contributed by atoms with van der Waals surface area (Å²) in [5.41, 5.74) is 5.21. The highest BCUT2D eigenvalue weighted by Gasteiger charge is 2.39. The fraction of sp³-hybridized carbons (Fsp3) is 0.462. The third kappa shape index (κ3) is 2.83. The highest BCUT2D eigenvalue weighted by atomic mass is 19.4. The van der Waals surface area contributed by atoms with E-state index in [9.17, 15) is 13.2 Å². The maximum atomic E-state index is 13.4. The van der Waals surface area contributed by atoms with Gasteiger partial charge in [-0.1, -0.05) is 13.8 Å². The van der Waals surface area contributed by atoms with Gasteiger partial charge in [0.1, 0.15) is 17.1 Å². The van der Waals surface area contributed by atoms with E-state index in [4.69, 9.17) is 5.73 Å². The van der Waals surface area contributed by atoms with Crippen molar-refractivity contribution in [3.63, 3.8) is 0 Å². The SMILES string of the molecule is CNc1nc(N)nc(-c2cc(C(C)C)nn2C)c1C(F)(F)F. The van der Waals surface area contributed by atoms with Crippen LogP contribution < -0.4 is 11.1 Å². The van der Waals surface area contributed by atoms with Crippen LogP contribution in [-0.4, -0.2) is 26.8 Å². The lowest BCUT2D eigenvalue weighted by atomic mass is 10.1. The van der Waals surface area contributed by atoms with E-state index in [1.807, 2.05) is 13.8 Å². The molecule has 2 rings (SSSR count). The van der Waals surface area contributed by atoms with Crippen LogP contribution in [0, 0.1) is 0 Å². The summed E-state index contributed by atoms with van der Waals surface area (Å²) in [4.78, 5) is 7.42. The Morgan fingerprint density at radius 3 is 2.36 bits per heavy atom. The molecule has 2 heterocycles. The maximum Gasteiger partial charge on any atom is 0.422 e. The van der Waals surface area contributed by atoms with E-state index in [2.05, 4.69) is 20.4 Å². The Kier molecular flexibility index (Phi) is 3.99. The van der Waals surface area contributed by atoms with Crippen molar-refractivity contribution in [1.29, 1.82) is 0 Å². The van der Waals surface area contributed by atoms with Gasteiger partial charge in [-0.15, -0.1) is 0 Å². The van der Waals surface area contributed by atoms with Gasteiger partial charge in [0.15, 0.2) is 0 Å². The number of nitrogens with zero attached hydrogens (tertiary/aromatic N) is 4. The first-order chi connectivity index (χ1) is 10.1. The number of nitrogens with two attached hydrogens (primary N) is 1. The highest BCUT2D eigenvalue weighted by Crippen LogP contribution is 2.40. The molecule has 0 aliphatic heterocycles. The number of nitrogen functional groups attached to an aromatic ring is 1. The number of rotatable bonds is 3. The van der Waals surface area contributed by atoms with Crippen LogP contribution in [0.25, 0.3) is 11.4 Å². The van der Waals surface area contributed by atoms with Gasteiger partial charge in [-0.25, -0.2) is 4.98 Å². The van der Waals surface area contributed by atoms with E-state index in [1.165, 1.54) is 11.7 Å². The van der Waals surface area contributed by atoms with Gasteiger partial charge in [-0.3, -0.25) is 4.68 Å². The van der Waals surface area contributed by atoms with Crippen LogP contribution in [0.3, 0.4) is 0 Å². The second-order valence-electron chi connectivity index (χ2n) is 5.13. The molecular weight excluding hydrogens is 297 g/mol. The van der Waals surface area contributed by atoms with Crippen LogP contribution in [0.15, 0.2) is 6.07 Å². The normalized spacial score (nSPS) is 12.0. The van der Waals surface area contributed by atoms with Crippen molar-refractivity contribution in [2.75, 3.05) is 18.1 Å². The number of alkyl halides is 3. The minimum absolute atomic E-state index is 0.0808. The lowest BCUT2D eigenvalue weighted by molar-refractivity contribution is -0.136. The number of aryl methyl sites for hydroxylation is 1. The van der Waals surface area contributed by atoms with Gasteiger partial charge in [0.05, 0.1) is 11.4 Å². The Morgan fingerprint density at radius 2 is 1.91 bits per heavy atom. The maximum absolute atomic E-state index is 13.4. The summed E-state index contributed by atoms with van der Waals surface area (Å²) in [6.45, 7) is 3.81. The number of halogens is 3. The third-order valence-electron chi connectivity index (χ3n) is 3.18. The summed E-state index contributed by atoms with van der Waals surface area (Å²) in [6, 6.07) is 1.58. The number of hydrogen-bond donors (Lipinski definition) is 2. The summed E-state index contributed by atoms with van der Waals surface area (Å²) in [6.07, 6.45) is -4.62. The molecule has 2 aromatic heterocycles. The van der Waals surface area contributed by atoms with E-state index in [0.29, 0.717) is 5.69 Å². The largest absolute Gasteiger partial charge is 0.422 e. The number of aromatic nitrogens is 4. The zero-order chi connectivity index (χ0) is 16.7. The van der Waals surface area contributed by atoms with Crippen LogP contribution in [0.2, 0.25) is 0 Å². The number of nitrogens with one attached hydrogen (secondary N) is 1. The summed E-state index contributed by atoms with van der Waals surface area (Å²) < 4.78 is 41.6. The average Bonchev–Trinajstić information content (AvgIpc) is 2.78. The fourth-order valence-corrected chi connectivity index (χ4v) is 2.11. The number of hydrogen-bond acceptors (Lipinski definition) is 5. The predicted molar refractivity (Wildman–Crippen MR) is 77.3 cm³/mol. The molecule has 0 fully saturated rings. The second kappa shape index (κ2) is 5.47. The molecule has 0 aromatic carbocycles. The monoisotopic (exact) mass is 314 g/mol. The van der Waals surface area contributed by atoms with E-state index >= 15 is 0 Å². The summed E-state index contributed by atoms with van der Waals surface area (Å²) >= 11 is 0. The first kappa shape index (κ1) is 16.1. The van der Waals surface area contributed by atoms with Crippen LogP contribution in [0.1, 0.15) is 31.0 Å².